The predicted molar refractivity (Wildman–Crippen MR) is 83.5 cm³/mol. The number of carboxylic acid groups (broad SMARTS) is 1. The largest absolute Gasteiger partial charge is 0.480 e. The maximum atomic E-state index is 12.1. The van der Waals surface area contributed by atoms with Gasteiger partial charge in [0.1, 0.15) is 6.04 Å². The molecule has 0 aliphatic rings. The standard InChI is InChI=1S/C12H16BrNO4S2/c1-2-19-8-7-11(12(15)16)14-20(17,18)10-5-3-9(13)4-6-10/h3-6,11,14H,2,7-8H2,1H3,(H,15,16). The number of hydrogen-bond donors (Lipinski definition) is 2. The molecular weight excluding hydrogens is 366 g/mol. The van der Waals surface area contributed by atoms with Crippen LogP contribution in [0.1, 0.15) is 13.3 Å². The summed E-state index contributed by atoms with van der Waals surface area (Å²) in [6, 6.07) is 4.93. The highest BCUT2D eigenvalue weighted by Gasteiger charge is 2.24. The highest BCUT2D eigenvalue weighted by molar-refractivity contribution is 9.10. The van der Waals surface area contributed by atoms with E-state index in [-0.39, 0.29) is 11.3 Å². The Kier molecular flexibility index (Phi) is 7.01. The van der Waals surface area contributed by atoms with Gasteiger partial charge < -0.3 is 5.11 Å². The second-order valence-electron chi connectivity index (χ2n) is 3.95. The van der Waals surface area contributed by atoms with Crippen molar-refractivity contribution in [3.63, 3.8) is 0 Å². The second-order valence-corrected chi connectivity index (χ2v) is 7.98. The van der Waals surface area contributed by atoms with E-state index in [1.807, 2.05) is 6.92 Å². The molecule has 0 saturated carbocycles. The summed E-state index contributed by atoms with van der Waals surface area (Å²) in [4.78, 5) is 11.2. The van der Waals surface area contributed by atoms with Crippen LogP contribution in [0.2, 0.25) is 0 Å². The summed E-state index contributed by atoms with van der Waals surface area (Å²) in [7, 11) is -3.82. The average Bonchev–Trinajstić information content (AvgIpc) is 2.38. The summed E-state index contributed by atoms with van der Waals surface area (Å²) in [5.41, 5.74) is 0. The van der Waals surface area contributed by atoms with E-state index in [1.54, 1.807) is 23.9 Å². The van der Waals surface area contributed by atoms with Gasteiger partial charge in [0.25, 0.3) is 0 Å². The summed E-state index contributed by atoms with van der Waals surface area (Å²) >= 11 is 4.79. The molecule has 0 bridgehead atoms. The van der Waals surface area contributed by atoms with Crippen LogP contribution in [0, 0.1) is 0 Å². The number of benzene rings is 1. The molecular formula is C12H16BrNO4S2. The molecule has 2 N–H and O–H groups in total. The number of carbonyl (C=O) groups is 1. The van der Waals surface area contributed by atoms with Crippen LogP contribution in [0.15, 0.2) is 33.6 Å². The van der Waals surface area contributed by atoms with E-state index in [0.29, 0.717) is 5.75 Å². The van der Waals surface area contributed by atoms with Gasteiger partial charge in [-0.3, -0.25) is 4.79 Å². The van der Waals surface area contributed by atoms with Crippen LogP contribution in [0.4, 0.5) is 0 Å². The topological polar surface area (TPSA) is 83.5 Å². The lowest BCUT2D eigenvalue weighted by Gasteiger charge is -2.14. The Morgan fingerprint density at radius 3 is 2.50 bits per heavy atom. The fourth-order valence-corrected chi connectivity index (χ4v) is 3.63. The predicted octanol–water partition coefficient (Wildman–Crippen LogP) is 2.32. The van der Waals surface area contributed by atoms with Gasteiger partial charge in [0.05, 0.1) is 4.90 Å². The molecule has 0 radical (unpaired) electrons. The molecule has 0 amide bonds. The average molecular weight is 382 g/mol. The van der Waals surface area contributed by atoms with Gasteiger partial charge in [-0.05, 0) is 42.2 Å². The first-order valence-electron chi connectivity index (χ1n) is 5.95. The smallest absolute Gasteiger partial charge is 0.321 e. The summed E-state index contributed by atoms with van der Waals surface area (Å²) in [6.07, 6.45) is 0.254. The van der Waals surface area contributed by atoms with Crippen LogP contribution < -0.4 is 4.72 Å². The fraction of sp³-hybridized carbons (Fsp3) is 0.417. The van der Waals surface area contributed by atoms with Crippen LogP contribution in [-0.2, 0) is 14.8 Å². The molecule has 1 aromatic rings. The summed E-state index contributed by atoms with van der Waals surface area (Å²) in [5, 5.41) is 9.08. The molecule has 1 unspecified atom stereocenters. The highest BCUT2D eigenvalue weighted by Crippen LogP contribution is 2.15. The van der Waals surface area contributed by atoms with Crippen LogP contribution >= 0.6 is 27.7 Å². The molecule has 5 nitrogen and oxygen atoms in total. The van der Waals surface area contributed by atoms with E-state index in [9.17, 15) is 13.2 Å². The molecule has 1 atom stereocenters. The number of thioether (sulfide) groups is 1. The first-order chi connectivity index (χ1) is 9.36. The van der Waals surface area contributed by atoms with Crippen LogP contribution in [-0.4, -0.2) is 37.0 Å². The van der Waals surface area contributed by atoms with Crippen molar-refractivity contribution in [2.45, 2.75) is 24.3 Å². The first-order valence-corrected chi connectivity index (χ1v) is 9.38. The summed E-state index contributed by atoms with van der Waals surface area (Å²) in [5.74, 6) is 0.296. The molecule has 20 heavy (non-hydrogen) atoms. The monoisotopic (exact) mass is 381 g/mol. The zero-order valence-electron chi connectivity index (χ0n) is 10.9. The number of hydrogen-bond acceptors (Lipinski definition) is 4. The van der Waals surface area contributed by atoms with Gasteiger partial charge in [0.15, 0.2) is 0 Å². The van der Waals surface area contributed by atoms with Gasteiger partial charge in [-0.1, -0.05) is 22.9 Å². The summed E-state index contributed by atoms with van der Waals surface area (Å²) < 4.78 is 27.2. The fourth-order valence-electron chi connectivity index (χ4n) is 1.45. The van der Waals surface area contributed by atoms with Gasteiger partial charge in [0, 0.05) is 4.47 Å². The lowest BCUT2D eigenvalue weighted by atomic mass is 10.2. The minimum absolute atomic E-state index is 0.0510. The van der Waals surface area contributed by atoms with Gasteiger partial charge in [-0.2, -0.15) is 16.5 Å². The number of rotatable bonds is 8. The van der Waals surface area contributed by atoms with E-state index < -0.39 is 22.0 Å². The van der Waals surface area contributed by atoms with Crippen molar-refractivity contribution < 1.29 is 18.3 Å². The lowest BCUT2D eigenvalue weighted by molar-refractivity contribution is -0.139. The van der Waals surface area contributed by atoms with E-state index in [0.717, 1.165) is 10.2 Å². The third-order valence-corrected chi connectivity index (χ3v) is 5.42. The van der Waals surface area contributed by atoms with Crippen LogP contribution in [0.25, 0.3) is 0 Å². The normalized spacial score (nSPS) is 13.1. The molecule has 1 rings (SSSR count). The second kappa shape index (κ2) is 8.02. The molecule has 8 heteroatoms. The SMILES string of the molecule is CCSCCC(NS(=O)(=O)c1ccc(Br)cc1)C(=O)O. The number of halogens is 1. The highest BCUT2D eigenvalue weighted by atomic mass is 79.9. The molecule has 0 heterocycles. The zero-order chi connectivity index (χ0) is 15.2. The maximum Gasteiger partial charge on any atom is 0.321 e. The molecule has 0 aromatic heterocycles. The van der Waals surface area contributed by atoms with E-state index in [1.165, 1.54) is 12.1 Å². The molecule has 0 saturated heterocycles. The molecule has 1 aromatic carbocycles. The third kappa shape index (κ3) is 5.43. The Balaban J connectivity index is 2.80. The van der Waals surface area contributed by atoms with Crippen LogP contribution in [0.3, 0.4) is 0 Å². The van der Waals surface area contributed by atoms with E-state index in [2.05, 4.69) is 20.7 Å². The number of carboxylic acids is 1. The molecule has 0 aliphatic heterocycles. The Labute approximate surface area is 131 Å². The third-order valence-electron chi connectivity index (χ3n) is 2.47. The van der Waals surface area contributed by atoms with Gasteiger partial charge in [-0.15, -0.1) is 0 Å². The first kappa shape index (κ1) is 17.5. The lowest BCUT2D eigenvalue weighted by Crippen LogP contribution is -2.41. The van der Waals surface area contributed by atoms with Crippen molar-refractivity contribution in [3.05, 3.63) is 28.7 Å². The quantitative estimate of drug-likeness (QED) is 0.675. The summed E-state index contributed by atoms with van der Waals surface area (Å²) in [6.45, 7) is 1.96. The molecule has 0 fully saturated rings. The van der Waals surface area contributed by atoms with Crippen LogP contribution in [0.5, 0.6) is 0 Å². The minimum atomic E-state index is -3.82. The van der Waals surface area contributed by atoms with Crippen molar-refractivity contribution in [1.29, 1.82) is 0 Å². The van der Waals surface area contributed by atoms with Gasteiger partial charge >= 0.3 is 5.97 Å². The van der Waals surface area contributed by atoms with E-state index in [4.69, 9.17) is 5.11 Å². The maximum absolute atomic E-state index is 12.1. The number of nitrogens with one attached hydrogen (secondary N) is 1. The minimum Gasteiger partial charge on any atom is -0.480 e. The van der Waals surface area contributed by atoms with Crippen molar-refractivity contribution in [3.8, 4) is 0 Å². The van der Waals surface area contributed by atoms with Gasteiger partial charge in [0.2, 0.25) is 10.0 Å². The van der Waals surface area contributed by atoms with Crippen molar-refractivity contribution in [2.75, 3.05) is 11.5 Å². The Hall–Kier alpha value is -0.570. The van der Waals surface area contributed by atoms with Gasteiger partial charge in [-0.25, -0.2) is 8.42 Å². The number of aliphatic carboxylic acids is 1. The molecule has 112 valence electrons. The Morgan fingerprint density at radius 2 is 2.00 bits per heavy atom. The van der Waals surface area contributed by atoms with Crippen molar-refractivity contribution in [2.24, 2.45) is 0 Å². The van der Waals surface area contributed by atoms with E-state index >= 15 is 0 Å². The molecule has 0 aliphatic carbocycles. The zero-order valence-corrected chi connectivity index (χ0v) is 14.1. The Morgan fingerprint density at radius 1 is 1.40 bits per heavy atom. The van der Waals surface area contributed by atoms with Crippen molar-refractivity contribution >= 4 is 43.7 Å². The molecule has 0 spiro atoms. The van der Waals surface area contributed by atoms with Crippen molar-refractivity contribution in [1.82, 2.24) is 4.72 Å². The Bertz CT molecular complexity index is 545. The number of sulfonamides is 1.